The van der Waals surface area contributed by atoms with Crippen LogP contribution in [0.5, 0.6) is 0 Å². The zero-order valence-corrected chi connectivity index (χ0v) is 19.6. The van der Waals surface area contributed by atoms with Gasteiger partial charge in [0, 0.05) is 23.0 Å². The second kappa shape index (κ2) is 9.67. The number of nitrogens with one attached hydrogen (secondary N) is 1. The third-order valence-electron chi connectivity index (χ3n) is 5.32. The summed E-state index contributed by atoms with van der Waals surface area (Å²) in [7, 11) is 0. The normalized spacial score (nSPS) is 15.5. The number of aliphatic imine (C=N–C) groups is 1. The highest BCUT2D eigenvalue weighted by Crippen LogP contribution is 2.29. The topological polar surface area (TPSA) is 86.0 Å². The second-order valence-electron chi connectivity index (χ2n) is 8.63. The van der Waals surface area contributed by atoms with Crippen LogP contribution in [0.25, 0.3) is 0 Å². The molecule has 172 valence electrons. The van der Waals surface area contributed by atoms with Crippen LogP contribution in [0, 0.1) is 6.92 Å². The Hall–Kier alpha value is -3.32. The van der Waals surface area contributed by atoms with Crippen LogP contribution in [0.15, 0.2) is 64.1 Å². The predicted octanol–water partition coefficient (Wildman–Crippen LogP) is 5.77. The number of halogens is 1. The van der Waals surface area contributed by atoms with Crippen molar-refractivity contribution >= 4 is 29.3 Å². The summed E-state index contributed by atoms with van der Waals surface area (Å²) in [5.74, 6) is 1.05. The van der Waals surface area contributed by atoms with Crippen LogP contribution in [0.2, 0.25) is 5.02 Å². The van der Waals surface area contributed by atoms with Gasteiger partial charge >= 0.3 is 6.09 Å². The lowest BCUT2D eigenvalue weighted by molar-refractivity contribution is 0.152. The fourth-order valence-corrected chi connectivity index (χ4v) is 3.75. The molecule has 0 aliphatic carbocycles. The molecule has 8 heteroatoms. The van der Waals surface area contributed by atoms with Crippen molar-refractivity contribution in [3.8, 4) is 0 Å². The molecule has 1 aliphatic rings. The van der Waals surface area contributed by atoms with Gasteiger partial charge in [0.1, 0.15) is 24.5 Å². The number of carbonyl (C=O) groups is 1. The maximum atomic E-state index is 12.4. The third kappa shape index (κ3) is 5.73. The predicted molar refractivity (Wildman–Crippen MR) is 127 cm³/mol. The highest BCUT2D eigenvalue weighted by atomic mass is 35.5. The molecule has 0 radical (unpaired) electrons. The maximum Gasteiger partial charge on any atom is 0.411 e. The van der Waals surface area contributed by atoms with Gasteiger partial charge in [0.05, 0.1) is 11.2 Å². The number of benzene rings is 2. The van der Waals surface area contributed by atoms with Gasteiger partial charge in [-0.3, -0.25) is 5.32 Å². The number of aromatic nitrogens is 1. The van der Waals surface area contributed by atoms with Crippen LogP contribution in [0.4, 0.5) is 10.5 Å². The number of amides is 1. The van der Waals surface area contributed by atoms with E-state index in [0.29, 0.717) is 35.4 Å². The number of carbonyl (C=O) groups excluding carboxylic acids is 1. The summed E-state index contributed by atoms with van der Waals surface area (Å²) in [6.45, 7) is 6.56. The van der Waals surface area contributed by atoms with Crippen molar-refractivity contribution < 1.29 is 18.8 Å². The van der Waals surface area contributed by atoms with E-state index in [2.05, 4.69) is 15.5 Å². The van der Waals surface area contributed by atoms with Gasteiger partial charge in [0.25, 0.3) is 0 Å². The van der Waals surface area contributed by atoms with E-state index in [-0.39, 0.29) is 18.1 Å². The Bertz CT molecular complexity index is 1140. The molecular weight excluding hydrogens is 442 g/mol. The van der Waals surface area contributed by atoms with E-state index < -0.39 is 6.09 Å². The van der Waals surface area contributed by atoms with Crippen LogP contribution in [0.3, 0.4) is 0 Å². The van der Waals surface area contributed by atoms with E-state index in [1.54, 1.807) is 24.3 Å². The van der Waals surface area contributed by atoms with Crippen LogP contribution < -0.4 is 5.32 Å². The summed E-state index contributed by atoms with van der Waals surface area (Å²) in [6.07, 6.45) is -0.0745. The Kier molecular flexibility index (Phi) is 6.70. The fraction of sp³-hybridized carbons (Fsp3) is 0.320. The Balaban J connectivity index is 1.51. The molecule has 0 fully saturated rings. The van der Waals surface area contributed by atoms with Crippen molar-refractivity contribution in [3.05, 3.63) is 82.2 Å². The van der Waals surface area contributed by atoms with Crippen LogP contribution >= 0.6 is 11.6 Å². The molecule has 0 spiro atoms. The molecule has 0 saturated carbocycles. The van der Waals surface area contributed by atoms with Crippen molar-refractivity contribution in [2.45, 2.75) is 38.6 Å². The molecule has 1 aromatic heterocycles. The number of anilines is 1. The van der Waals surface area contributed by atoms with Gasteiger partial charge in [-0.25, -0.2) is 9.79 Å². The van der Waals surface area contributed by atoms with E-state index in [0.717, 1.165) is 16.8 Å². The van der Waals surface area contributed by atoms with Crippen LogP contribution in [-0.4, -0.2) is 35.9 Å². The first-order chi connectivity index (χ1) is 15.8. The lowest BCUT2D eigenvalue weighted by Crippen LogP contribution is -2.19. The molecule has 1 atom stereocenters. The molecule has 4 rings (SSSR count). The first-order valence-electron chi connectivity index (χ1n) is 10.7. The van der Waals surface area contributed by atoms with Gasteiger partial charge in [0.2, 0.25) is 5.90 Å². The minimum Gasteiger partial charge on any atom is -0.475 e. The number of ether oxygens (including phenoxy) is 2. The molecule has 0 bridgehead atoms. The van der Waals surface area contributed by atoms with Gasteiger partial charge in [-0.05, 0) is 50.6 Å². The van der Waals surface area contributed by atoms with Crippen molar-refractivity contribution in [2.75, 3.05) is 18.5 Å². The number of rotatable bonds is 7. The van der Waals surface area contributed by atoms with Gasteiger partial charge in [0.15, 0.2) is 0 Å². The average molecular weight is 468 g/mol. The Morgan fingerprint density at radius 3 is 2.58 bits per heavy atom. The molecule has 7 nitrogen and oxygen atoms in total. The number of hydrogen-bond acceptors (Lipinski definition) is 6. The van der Waals surface area contributed by atoms with E-state index in [4.69, 9.17) is 25.6 Å². The van der Waals surface area contributed by atoms with Gasteiger partial charge in [-0.1, -0.05) is 47.1 Å². The summed E-state index contributed by atoms with van der Waals surface area (Å²) in [6, 6.07) is 16.7. The maximum absolute atomic E-state index is 12.4. The quantitative estimate of drug-likeness (QED) is 0.477. The number of nitrogens with zero attached hydrogens (tertiary/aromatic N) is 2. The van der Waals surface area contributed by atoms with Gasteiger partial charge in [-0.15, -0.1) is 0 Å². The molecule has 3 aromatic rings. The Labute approximate surface area is 197 Å². The highest BCUT2D eigenvalue weighted by molar-refractivity contribution is 6.30. The highest BCUT2D eigenvalue weighted by Gasteiger charge is 2.32. The van der Waals surface area contributed by atoms with Crippen molar-refractivity contribution in [1.29, 1.82) is 0 Å². The fourth-order valence-electron chi connectivity index (χ4n) is 3.63. The Morgan fingerprint density at radius 2 is 1.91 bits per heavy atom. The lowest BCUT2D eigenvalue weighted by atomic mass is 9.93. The second-order valence-corrected chi connectivity index (χ2v) is 9.06. The lowest BCUT2D eigenvalue weighted by Gasteiger charge is -2.17. The average Bonchev–Trinajstić information content (AvgIpc) is 3.34. The van der Waals surface area contributed by atoms with Crippen molar-refractivity contribution in [1.82, 2.24) is 5.16 Å². The molecule has 0 unspecified atom stereocenters. The number of hydrogen-bond donors (Lipinski definition) is 1. The Morgan fingerprint density at radius 1 is 1.18 bits per heavy atom. The summed E-state index contributed by atoms with van der Waals surface area (Å²) >= 11 is 5.90. The van der Waals surface area contributed by atoms with E-state index in [1.165, 1.54) is 0 Å². The summed E-state index contributed by atoms with van der Waals surface area (Å²) in [4.78, 5) is 17.1. The van der Waals surface area contributed by atoms with Crippen molar-refractivity contribution in [2.24, 2.45) is 4.99 Å². The monoisotopic (exact) mass is 467 g/mol. The smallest absolute Gasteiger partial charge is 0.411 e. The van der Waals surface area contributed by atoms with E-state index in [1.807, 2.05) is 51.1 Å². The summed E-state index contributed by atoms with van der Waals surface area (Å²) in [5.41, 5.74) is 2.82. The molecule has 2 heterocycles. The first-order valence-corrected chi connectivity index (χ1v) is 11.1. The largest absolute Gasteiger partial charge is 0.475 e. The summed E-state index contributed by atoms with van der Waals surface area (Å²) < 4.78 is 17.1. The molecule has 2 aromatic carbocycles. The van der Waals surface area contributed by atoms with Crippen LogP contribution in [-0.2, 0) is 15.9 Å². The molecule has 0 saturated heterocycles. The van der Waals surface area contributed by atoms with E-state index in [9.17, 15) is 4.79 Å². The van der Waals surface area contributed by atoms with Crippen LogP contribution in [0.1, 0.15) is 42.3 Å². The minimum absolute atomic E-state index is 0.150. The zero-order chi connectivity index (χ0) is 23.4. The van der Waals surface area contributed by atoms with Gasteiger partial charge in [-0.2, -0.15) is 0 Å². The van der Waals surface area contributed by atoms with Gasteiger partial charge < -0.3 is 14.0 Å². The SMILES string of the molecule is Cc1noc(C[C@H](COC(=O)Nc2ccc(Cl)cc2)c2ccccc2)c1C1=NC(C)(C)CO1. The standard InChI is InChI=1S/C25H26ClN3O4/c1-16-22(23-28-25(2,3)15-32-23)21(33-29-16)13-18(17-7-5-4-6-8-17)14-31-24(30)27-20-11-9-19(26)10-12-20/h4-12,18H,13-15H2,1-3H3,(H,27,30)/t18-/m1/s1. The molecular formula is C25H26ClN3O4. The minimum atomic E-state index is -0.544. The van der Waals surface area contributed by atoms with E-state index >= 15 is 0 Å². The molecule has 33 heavy (non-hydrogen) atoms. The number of aryl methyl sites for hydroxylation is 1. The molecule has 1 aliphatic heterocycles. The summed E-state index contributed by atoms with van der Waals surface area (Å²) in [5, 5.41) is 7.45. The third-order valence-corrected chi connectivity index (χ3v) is 5.57. The zero-order valence-electron chi connectivity index (χ0n) is 18.8. The van der Waals surface area contributed by atoms with Crippen molar-refractivity contribution in [3.63, 3.8) is 0 Å². The first kappa shape index (κ1) is 22.9. The molecule has 1 N–H and O–H groups in total. The molecule has 1 amide bonds.